The third kappa shape index (κ3) is 6.69. The lowest BCUT2D eigenvalue weighted by atomic mass is 9.96. The summed E-state index contributed by atoms with van der Waals surface area (Å²) in [6.07, 6.45) is 7.69. The summed E-state index contributed by atoms with van der Waals surface area (Å²) in [6.45, 7) is -0.551. The molecule has 2 rings (SSSR count). The van der Waals surface area contributed by atoms with E-state index in [1.165, 1.54) is 12.5 Å². The maximum absolute atomic E-state index is 11.7. The van der Waals surface area contributed by atoms with Gasteiger partial charge in [0.1, 0.15) is 0 Å². The minimum atomic E-state index is -0.733. The first kappa shape index (κ1) is 20.3. The van der Waals surface area contributed by atoms with Crippen LogP contribution in [0.1, 0.15) is 37.7 Å². The SMILES string of the molecule is O=C(COC(=O)/C=C/c1cccc(Cl)c1Cl)NC(=O)NC1CCCCC1. The number of carbonyl (C=O) groups is 3. The zero-order valence-corrected chi connectivity index (χ0v) is 15.6. The Balaban J connectivity index is 1.72. The largest absolute Gasteiger partial charge is 0.452 e. The normalized spacial score (nSPS) is 14.8. The summed E-state index contributed by atoms with van der Waals surface area (Å²) in [6, 6.07) is 4.52. The lowest BCUT2D eigenvalue weighted by molar-refractivity contribution is -0.143. The Hall–Kier alpha value is -2.05. The van der Waals surface area contributed by atoms with Crippen molar-refractivity contribution in [2.75, 3.05) is 6.61 Å². The molecule has 26 heavy (non-hydrogen) atoms. The molecule has 0 unspecified atom stereocenters. The summed E-state index contributed by atoms with van der Waals surface area (Å²) in [4.78, 5) is 35.0. The summed E-state index contributed by atoms with van der Waals surface area (Å²) < 4.78 is 4.79. The molecule has 0 spiro atoms. The van der Waals surface area contributed by atoms with Crippen LogP contribution in [-0.2, 0) is 14.3 Å². The van der Waals surface area contributed by atoms with Gasteiger partial charge in [-0.25, -0.2) is 9.59 Å². The summed E-state index contributed by atoms with van der Waals surface area (Å²) >= 11 is 11.9. The number of halogens is 2. The monoisotopic (exact) mass is 398 g/mol. The fourth-order valence-corrected chi connectivity index (χ4v) is 2.99. The molecule has 2 N–H and O–H groups in total. The average Bonchev–Trinajstić information content (AvgIpc) is 2.62. The number of amides is 3. The molecule has 0 aliphatic heterocycles. The van der Waals surface area contributed by atoms with Crippen LogP contribution in [0.4, 0.5) is 4.79 Å². The fraction of sp³-hybridized carbons (Fsp3) is 0.389. The predicted octanol–water partition coefficient (Wildman–Crippen LogP) is 3.71. The number of carbonyl (C=O) groups excluding carboxylic acids is 3. The number of hydrogen-bond acceptors (Lipinski definition) is 4. The van der Waals surface area contributed by atoms with Crippen LogP contribution in [-0.4, -0.2) is 30.6 Å². The molecule has 0 bridgehead atoms. The number of nitrogens with one attached hydrogen (secondary N) is 2. The lowest BCUT2D eigenvalue weighted by Gasteiger charge is -2.22. The van der Waals surface area contributed by atoms with Crippen LogP contribution >= 0.6 is 23.2 Å². The highest BCUT2D eigenvalue weighted by atomic mass is 35.5. The molecule has 6 nitrogen and oxygen atoms in total. The fourth-order valence-electron chi connectivity index (χ4n) is 2.62. The highest BCUT2D eigenvalue weighted by molar-refractivity contribution is 6.42. The molecular formula is C18H20Cl2N2O4. The van der Waals surface area contributed by atoms with Crippen LogP contribution < -0.4 is 10.6 Å². The van der Waals surface area contributed by atoms with E-state index in [-0.39, 0.29) is 6.04 Å². The van der Waals surface area contributed by atoms with Crippen LogP contribution in [0.15, 0.2) is 24.3 Å². The van der Waals surface area contributed by atoms with Gasteiger partial charge in [0.2, 0.25) is 0 Å². The molecule has 0 saturated heterocycles. The van der Waals surface area contributed by atoms with E-state index in [1.54, 1.807) is 18.2 Å². The van der Waals surface area contributed by atoms with E-state index in [0.717, 1.165) is 31.8 Å². The van der Waals surface area contributed by atoms with Crippen molar-refractivity contribution in [2.45, 2.75) is 38.1 Å². The van der Waals surface area contributed by atoms with E-state index in [0.29, 0.717) is 15.6 Å². The number of benzene rings is 1. The van der Waals surface area contributed by atoms with Gasteiger partial charge < -0.3 is 10.1 Å². The number of imide groups is 1. The van der Waals surface area contributed by atoms with Crippen molar-refractivity contribution >= 4 is 47.2 Å². The Labute approximate surface area is 161 Å². The summed E-state index contributed by atoms with van der Waals surface area (Å²) in [5.41, 5.74) is 0.549. The molecule has 1 aromatic carbocycles. The van der Waals surface area contributed by atoms with Crippen molar-refractivity contribution in [3.8, 4) is 0 Å². The Morgan fingerprint density at radius 2 is 1.88 bits per heavy atom. The van der Waals surface area contributed by atoms with E-state index in [9.17, 15) is 14.4 Å². The molecule has 0 aromatic heterocycles. The topological polar surface area (TPSA) is 84.5 Å². The van der Waals surface area contributed by atoms with Crippen molar-refractivity contribution < 1.29 is 19.1 Å². The van der Waals surface area contributed by atoms with Gasteiger partial charge in [-0.1, -0.05) is 54.6 Å². The summed E-state index contributed by atoms with van der Waals surface area (Å²) in [7, 11) is 0. The van der Waals surface area contributed by atoms with E-state index in [2.05, 4.69) is 10.6 Å². The molecule has 3 amide bonds. The third-order valence-electron chi connectivity index (χ3n) is 3.92. The second kappa shape index (κ2) is 10.2. The molecule has 8 heteroatoms. The highest BCUT2D eigenvalue weighted by Gasteiger charge is 2.17. The maximum atomic E-state index is 11.7. The minimum Gasteiger partial charge on any atom is -0.452 e. The molecule has 0 atom stereocenters. The summed E-state index contributed by atoms with van der Waals surface area (Å²) in [5.74, 6) is -1.43. The van der Waals surface area contributed by atoms with Crippen molar-refractivity contribution in [1.29, 1.82) is 0 Å². The smallest absolute Gasteiger partial charge is 0.331 e. The van der Waals surface area contributed by atoms with Crippen molar-refractivity contribution in [3.05, 3.63) is 39.9 Å². The van der Waals surface area contributed by atoms with Gasteiger partial charge in [-0.2, -0.15) is 0 Å². The van der Waals surface area contributed by atoms with Gasteiger partial charge in [-0.3, -0.25) is 10.1 Å². The zero-order chi connectivity index (χ0) is 18.9. The van der Waals surface area contributed by atoms with Crippen molar-refractivity contribution in [1.82, 2.24) is 10.6 Å². The second-order valence-corrected chi connectivity index (χ2v) is 6.73. The number of esters is 1. The molecule has 1 fully saturated rings. The number of urea groups is 1. The van der Waals surface area contributed by atoms with Crippen LogP contribution in [0.2, 0.25) is 10.0 Å². The second-order valence-electron chi connectivity index (χ2n) is 5.94. The van der Waals surface area contributed by atoms with Crippen LogP contribution in [0, 0.1) is 0 Å². The van der Waals surface area contributed by atoms with Crippen molar-refractivity contribution in [2.24, 2.45) is 0 Å². The predicted molar refractivity (Wildman–Crippen MR) is 100 cm³/mol. The van der Waals surface area contributed by atoms with Gasteiger partial charge in [0.25, 0.3) is 5.91 Å². The zero-order valence-electron chi connectivity index (χ0n) is 14.1. The van der Waals surface area contributed by atoms with E-state index in [1.807, 2.05) is 0 Å². The first-order chi connectivity index (χ1) is 12.5. The van der Waals surface area contributed by atoms with Gasteiger partial charge >= 0.3 is 12.0 Å². The van der Waals surface area contributed by atoms with Crippen LogP contribution in [0.25, 0.3) is 6.08 Å². The maximum Gasteiger partial charge on any atom is 0.331 e. The quantitative estimate of drug-likeness (QED) is 0.584. The molecule has 0 heterocycles. The minimum absolute atomic E-state index is 0.0875. The summed E-state index contributed by atoms with van der Waals surface area (Å²) in [5, 5.41) is 5.57. The molecule has 1 aliphatic carbocycles. The third-order valence-corrected chi connectivity index (χ3v) is 4.75. The molecular weight excluding hydrogens is 379 g/mol. The van der Waals surface area contributed by atoms with Gasteiger partial charge in [-0.15, -0.1) is 0 Å². The first-order valence-electron chi connectivity index (χ1n) is 8.35. The Morgan fingerprint density at radius 3 is 2.62 bits per heavy atom. The molecule has 1 aromatic rings. The highest BCUT2D eigenvalue weighted by Crippen LogP contribution is 2.26. The molecule has 140 valence electrons. The molecule has 1 aliphatic rings. The van der Waals surface area contributed by atoms with E-state index >= 15 is 0 Å². The van der Waals surface area contributed by atoms with E-state index < -0.39 is 24.5 Å². The standard InChI is InChI=1S/C18H20Cl2N2O4/c19-14-8-4-5-12(17(14)20)9-10-16(24)26-11-15(23)22-18(25)21-13-6-2-1-3-7-13/h4-5,8-10,13H,1-3,6-7,11H2,(H2,21,22,23,25)/b10-9+. The number of ether oxygens (including phenoxy) is 1. The lowest BCUT2D eigenvalue weighted by Crippen LogP contribution is -2.46. The first-order valence-corrected chi connectivity index (χ1v) is 9.10. The van der Waals surface area contributed by atoms with Crippen LogP contribution in [0.5, 0.6) is 0 Å². The van der Waals surface area contributed by atoms with Crippen LogP contribution in [0.3, 0.4) is 0 Å². The van der Waals surface area contributed by atoms with Gasteiger partial charge in [0.15, 0.2) is 6.61 Å². The number of hydrogen-bond donors (Lipinski definition) is 2. The Morgan fingerprint density at radius 1 is 1.15 bits per heavy atom. The molecule has 1 saturated carbocycles. The van der Waals surface area contributed by atoms with Gasteiger partial charge in [0, 0.05) is 12.1 Å². The van der Waals surface area contributed by atoms with Gasteiger partial charge in [-0.05, 0) is 30.5 Å². The number of rotatable bonds is 5. The Bertz CT molecular complexity index is 700. The van der Waals surface area contributed by atoms with E-state index in [4.69, 9.17) is 27.9 Å². The average molecular weight is 399 g/mol. The van der Waals surface area contributed by atoms with Gasteiger partial charge in [0.05, 0.1) is 10.0 Å². The Kier molecular flexibility index (Phi) is 7.94. The van der Waals surface area contributed by atoms with Crippen molar-refractivity contribution in [3.63, 3.8) is 0 Å². The molecule has 0 radical (unpaired) electrons.